The van der Waals surface area contributed by atoms with Crippen LogP contribution in [0.15, 0.2) is 12.2 Å². The molecular weight excluding hydrogens is 100 g/mol. The number of allylic oxidation sites excluding steroid dienone is 1. The molecular formula is C7H12O. The lowest BCUT2D eigenvalue weighted by Gasteiger charge is -1.88. The molecule has 0 spiro atoms. The van der Waals surface area contributed by atoms with Crippen LogP contribution in [-0.2, 0) is 4.74 Å². The van der Waals surface area contributed by atoms with Crippen LogP contribution >= 0.6 is 0 Å². The van der Waals surface area contributed by atoms with Gasteiger partial charge in [-0.2, -0.15) is 0 Å². The first-order valence-electron chi connectivity index (χ1n) is 2.85. The first-order valence-corrected chi connectivity index (χ1v) is 2.85. The van der Waals surface area contributed by atoms with Crippen molar-refractivity contribution in [3.63, 3.8) is 0 Å². The lowest BCUT2D eigenvalue weighted by Crippen LogP contribution is -1.81. The molecule has 0 aliphatic heterocycles. The van der Waals surface area contributed by atoms with Crippen molar-refractivity contribution in [3.8, 4) is 0 Å². The van der Waals surface area contributed by atoms with E-state index in [1.54, 1.807) is 6.92 Å². The molecule has 0 unspecified atom stereocenters. The topological polar surface area (TPSA) is 9.23 Å². The maximum Gasteiger partial charge on any atom is 0.129 e. The summed E-state index contributed by atoms with van der Waals surface area (Å²) in [6.07, 6.45) is 5.13. The Morgan fingerprint density at radius 3 is 2.75 bits per heavy atom. The highest BCUT2D eigenvalue weighted by molar-refractivity contribution is 4.79. The summed E-state index contributed by atoms with van der Waals surface area (Å²) in [5, 5.41) is 0. The van der Waals surface area contributed by atoms with Gasteiger partial charge in [0.2, 0.25) is 0 Å². The first kappa shape index (κ1) is 7.70. The summed E-state index contributed by atoms with van der Waals surface area (Å²) in [4.78, 5) is 0. The molecule has 0 saturated heterocycles. The van der Waals surface area contributed by atoms with E-state index in [1.807, 2.05) is 6.08 Å². The van der Waals surface area contributed by atoms with Crippen molar-refractivity contribution in [2.75, 3.05) is 6.61 Å². The van der Waals surface area contributed by atoms with E-state index in [4.69, 9.17) is 4.74 Å². The van der Waals surface area contributed by atoms with Gasteiger partial charge in [-0.15, -0.1) is 0 Å². The van der Waals surface area contributed by atoms with Crippen molar-refractivity contribution in [2.24, 2.45) is 0 Å². The standard InChI is InChI=1S/C7H12O/c1-3-5-6-7-8-4-2/h5-6H,3,7H2,1-2H3. The van der Waals surface area contributed by atoms with E-state index >= 15 is 0 Å². The van der Waals surface area contributed by atoms with E-state index in [2.05, 4.69) is 19.6 Å². The van der Waals surface area contributed by atoms with E-state index < -0.39 is 0 Å². The Morgan fingerprint density at radius 2 is 2.25 bits per heavy atom. The molecule has 0 aliphatic rings. The van der Waals surface area contributed by atoms with Gasteiger partial charge in [0.05, 0.1) is 6.61 Å². The van der Waals surface area contributed by atoms with Gasteiger partial charge in [0.25, 0.3) is 0 Å². The SMILES string of the molecule is C[C]OCC=CCC. The highest BCUT2D eigenvalue weighted by Gasteiger charge is 1.73. The Labute approximate surface area is 51.4 Å². The molecule has 0 aromatic carbocycles. The number of ether oxygens (including phenoxy) is 1. The van der Waals surface area contributed by atoms with Crippen LogP contribution in [0.1, 0.15) is 20.3 Å². The van der Waals surface area contributed by atoms with Gasteiger partial charge in [-0.1, -0.05) is 19.1 Å². The van der Waals surface area contributed by atoms with Crippen LogP contribution in [0.3, 0.4) is 0 Å². The van der Waals surface area contributed by atoms with Gasteiger partial charge in [-0.25, -0.2) is 0 Å². The molecule has 46 valence electrons. The largest absolute Gasteiger partial charge is 0.365 e. The molecule has 0 rings (SSSR count). The molecule has 0 bridgehead atoms. The first-order chi connectivity index (χ1) is 3.91. The average Bonchev–Trinajstić information content (AvgIpc) is 1.81. The van der Waals surface area contributed by atoms with Crippen molar-refractivity contribution < 1.29 is 4.74 Å². The number of hydrogen-bond acceptors (Lipinski definition) is 1. The van der Waals surface area contributed by atoms with Crippen molar-refractivity contribution in [3.05, 3.63) is 18.8 Å². The third-order valence-electron chi connectivity index (χ3n) is 0.726. The molecule has 2 radical (unpaired) electrons. The molecule has 1 heteroatoms. The molecule has 0 N–H and O–H groups in total. The van der Waals surface area contributed by atoms with Crippen LogP contribution in [0.2, 0.25) is 0 Å². The molecule has 0 fully saturated rings. The van der Waals surface area contributed by atoms with Crippen LogP contribution in [0.25, 0.3) is 0 Å². The Bertz CT molecular complexity index is 57.4. The zero-order chi connectivity index (χ0) is 6.24. The van der Waals surface area contributed by atoms with Crippen LogP contribution in [0, 0.1) is 6.61 Å². The Morgan fingerprint density at radius 1 is 1.50 bits per heavy atom. The number of hydrogen-bond donors (Lipinski definition) is 0. The summed E-state index contributed by atoms with van der Waals surface area (Å²) in [5.41, 5.74) is 0. The summed E-state index contributed by atoms with van der Waals surface area (Å²) >= 11 is 0. The fraction of sp³-hybridized carbons (Fsp3) is 0.571. The van der Waals surface area contributed by atoms with Crippen LogP contribution in [0.5, 0.6) is 0 Å². The summed E-state index contributed by atoms with van der Waals surface area (Å²) in [7, 11) is 0. The van der Waals surface area contributed by atoms with Gasteiger partial charge >= 0.3 is 0 Å². The summed E-state index contributed by atoms with van der Waals surface area (Å²) in [6, 6.07) is 0. The highest BCUT2D eigenvalue weighted by Crippen LogP contribution is 1.82. The third-order valence-corrected chi connectivity index (χ3v) is 0.726. The molecule has 0 aromatic rings. The van der Waals surface area contributed by atoms with Gasteiger partial charge < -0.3 is 4.74 Å². The van der Waals surface area contributed by atoms with Gasteiger partial charge in [0, 0.05) is 0 Å². The normalized spacial score (nSPS) is 10.8. The second kappa shape index (κ2) is 6.70. The molecule has 8 heavy (non-hydrogen) atoms. The Hall–Kier alpha value is -0.300. The maximum absolute atomic E-state index is 4.80. The molecule has 0 aliphatic carbocycles. The van der Waals surface area contributed by atoms with E-state index in [-0.39, 0.29) is 0 Å². The predicted octanol–water partition coefficient (Wildman–Crippen LogP) is 2.03. The van der Waals surface area contributed by atoms with E-state index in [1.165, 1.54) is 0 Å². The summed E-state index contributed by atoms with van der Waals surface area (Å²) in [6.45, 7) is 7.08. The van der Waals surface area contributed by atoms with E-state index in [0.29, 0.717) is 6.61 Å². The van der Waals surface area contributed by atoms with Crippen molar-refractivity contribution in [1.29, 1.82) is 0 Å². The van der Waals surface area contributed by atoms with Crippen molar-refractivity contribution in [1.82, 2.24) is 0 Å². The Kier molecular flexibility index (Phi) is 6.45. The molecule has 0 saturated carbocycles. The highest BCUT2D eigenvalue weighted by atomic mass is 16.5. The van der Waals surface area contributed by atoms with Gasteiger partial charge in [-0.3, -0.25) is 0 Å². The predicted molar refractivity (Wildman–Crippen MR) is 34.3 cm³/mol. The van der Waals surface area contributed by atoms with Gasteiger partial charge in [0.1, 0.15) is 6.61 Å². The van der Waals surface area contributed by atoms with Crippen molar-refractivity contribution >= 4 is 0 Å². The quantitative estimate of drug-likeness (QED) is 0.399. The maximum atomic E-state index is 4.80. The lowest BCUT2D eigenvalue weighted by molar-refractivity contribution is 0.239. The monoisotopic (exact) mass is 112 g/mol. The Balaban J connectivity index is 2.80. The molecule has 0 aromatic heterocycles. The van der Waals surface area contributed by atoms with Gasteiger partial charge in [0.15, 0.2) is 0 Å². The fourth-order valence-electron chi connectivity index (χ4n) is 0.366. The smallest absolute Gasteiger partial charge is 0.129 e. The van der Waals surface area contributed by atoms with Crippen LogP contribution < -0.4 is 0 Å². The van der Waals surface area contributed by atoms with Gasteiger partial charge in [-0.05, 0) is 13.3 Å². The minimum Gasteiger partial charge on any atom is -0.365 e. The second-order valence-electron chi connectivity index (χ2n) is 1.39. The molecule has 0 heterocycles. The molecule has 0 atom stereocenters. The van der Waals surface area contributed by atoms with E-state index in [0.717, 1.165) is 6.42 Å². The molecule has 0 amide bonds. The van der Waals surface area contributed by atoms with Crippen molar-refractivity contribution in [2.45, 2.75) is 20.3 Å². The average molecular weight is 112 g/mol. The third kappa shape index (κ3) is 5.70. The minimum absolute atomic E-state index is 0.657. The van der Waals surface area contributed by atoms with Crippen LogP contribution in [0.4, 0.5) is 0 Å². The zero-order valence-electron chi connectivity index (χ0n) is 5.48. The second-order valence-corrected chi connectivity index (χ2v) is 1.39. The fourth-order valence-corrected chi connectivity index (χ4v) is 0.366. The minimum atomic E-state index is 0.657. The van der Waals surface area contributed by atoms with Crippen LogP contribution in [-0.4, -0.2) is 6.61 Å². The lowest BCUT2D eigenvalue weighted by atomic mass is 10.4. The summed E-state index contributed by atoms with van der Waals surface area (Å²) < 4.78 is 4.80. The number of rotatable bonds is 4. The molecule has 1 nitrogen and oxygen atoms in total. The summed E-state index contributed by atoms with van der Waals surface area (Å²) in [5.74, 6) is 0. The van der Waals surface area contributed by atoms with E-state index in [9.17, 15) is 0 Å². The zero-order valence-corrected chi connectivity index (χ0v) is 5.48.